The van der Waals surface area contributed by atoms with E-state index >= 15 is 0 Å². The van der Waals surface area contributed by atoms with Crippen LogP contribution in [0, 0.1) is 5.92 Å². The quantitative estimate of drug-likeness (QED) is 0.722. The highest BCUT2D eigenvalue weighted by molar-refractivity contribution is 5.94. The lowest BCUT2D eigenvalue weighted by Crippen LogP contribution is -2.36. The topological polar surface area (TPSA) is 35.5 Å². The van der Waals surface area contributed by atoms with Gasteiger partial charge in [-0.2, -0.15) is 0 Å². The minimum atomic E-state index is -0.0818. The SMILES string of the molecule is CCCOC1CC(C)C(C(C)=O)=CC1OC. The van der Waals surface area contributed by atoms with Gasteiger partial charge in [-0.05, 0) is 37.3 Å². The maximum atomic E-state index is 11.4. The number of carbonyl (C=O) groups is 1. The first kappa shape index (κ1) is 13.4. The summed E-state index contributed by atoms with van der Waals surface area (Å²) in [5.41, 5.74) is 0.878. The van der Waals surface area contributed by atoms with Gasteiger partial charge in [0.05, 0.1) is 6.10 Å². The molecule has 0 aromatic carbocycles. The smallest absolute Gasteiger partial charge is 0.155 e. The summed E-state index contributed by atoms with van der Waals surface area (Å²) in [5, 5.41) is 0. The third-order valence-electron chi connectivity index (χ3n) is 3.04. The number of allylic oxidation sites excluding steroid dienone is 1. The first-order valence-electron chi connectivity index (χ1n) is 5.97. The lowest BCUT2D eigenvalue weighted by atomic mass is 9.84. The van der Waals surface area contributed by atoms with Crippen LogP contribution in [0.3, 0.4) is 0 Å². The van der Waals surface area contributed by atoms with Crippen LogP contribution in [0.4, 0.5) is 0 Å². The molecule has 0 heterocycles. The third-order valence-corrected chi connectivity index (χ3v) is 3.04. The lowest BCUT2D eigenvalue weighted by molar-refractivity contribution is -0.115. The zero-order valence-corrected chi connectivity index (χ0v) is 10.7. The molecule has 0 radical (unpaired) electrons. The van der Waals surface area contributed by atoms with Gasteiger partial charge in [-0.3, -0.25) is 4.79 Å². The molecule has 0 aromatic rings. The molecule has 0 N–H and O–H groups in total. The molecule has 0 bridgehead atoms. The van der Waals surface area contributed by atoms with Crippen molar-refractivity contribution in [3.8, 4) is 0 Å². The normalized spacial score (nSPS) is 30.0. The van der Waals surface area contributed by atoms with E-state index in [0.29, 0.717) is 0 Å². The maximum absolute atomic E-state index is 11.4. The molecule has 16 heavy (non-hydrogen) atoms. The number of hydrogen-bond donors (Lipinski definition) is 0. The average Bonchev–Trinajstić information content (AvgIpc) is 2.25. The highest BCUT2D eigenvalue weighted by Crippen LogP contribution is 2.28. The molecule has 3 nitrogen and oxygen atoms in total. The number of carbonyl (C=O) groups excluding carboxylic acids is 1. The van der Waals surface area contributed by atoms with Crippen LogP contribution in [-0.4, -0.2) is 31.7 Å². The van der Waals surface area contributed by atoms with Gasteiger partial charge < -0.3 is 9.47 Å². The second-order valence-corrected chi connectivity index (χ2v) is 4.42. The van der Waals surface area contributed by atoms with Crippen LogP contribution in [0.2, 0.25) is 0 Å². The minimum absolute atomic E-state index is 0.0818. The number of rotatable bonds is 5. The van der Waals surface area contributed by atoms with Crippen molar-refractivity contribution in [3.63, 3.8) is 0 Å². The van der Waals surface area contributed by atoms with Crippen molar-refractivity contribution in [1.82, 2.24) is 0 Å². The molecular weight excluding hydrogens is 204 g/mol. The second-order valence-electron chi connectivity index (χ2n) is 4.42. The van der Waals surface area contributed by atoms with Gasteiger partial charge in [0.1, 0.15) is 6.10 Å². The zero-order chi connectivity index (χ0) is 12.1. The van der Waals surface area contributed by atoms with Crippen LogP contribution in [0.1, 0.15) is 33.6 Å². The molecule has 1 rings (SSSR count). The molecule has 0 aromatic heterocycles. The third kappa shape index (κ3) is 3.16. The van der Waals surface area contributed by atoms with Gasteiger partial charge in [0.25, 0.3) is 0 Å². The number of ether oxygens (including phenoxy) is 2. The molecule has 3 heteroatoms. The Morgan fingerprint density at radius 2 is 2.25 bits per heavy atom. The Morgan fingerprint density at radius 1 is 1.56 bits per heavy atom. The summed E-state index contributed by atoms with van der Waals surface area (Å²) < 4.78 is 11.1. The first-order valence-corrected chi connectivity index (χ1v) is 5.97. The summed E-state index contributed by atoms with van der Waals surface area (Å²) in [7, 11) is 1.66. The summed E-state index contributed by atoms with van der Waals surface area (Å²) in [6.45, 7) is 6.52. The molecule has 0 spiro atoms. The average molecular weight is 226 g/mol. The van der Waals surface area contributed by atoms with Crippen LogP contribution < -0.4 is 0 Å². The van der Waals surface area contributed by atoms with Crippen molar-refractivity contribution in [2.24, 2.45) is 5.92 Å². The summed E-state index contributed by atoms with van der Waals surface area (Å²) in [6.07, 6.45) is 3.80. The number of methoxy groups -OCH3 is 1. The summed E-state index contributed by atoms with van der Waals surface area (Å²) in [6, 6.07) is 0. The van der Waals surface area contributed by atoms with Crippen molar-refractivity contribution in [2.75, 3.05) is 13.7 Å². The summed E-state index contributed by atoms with van der Waals surface area (Å²) in [5.74, 6) is 0.411. The Labute approximate surface area is 97.8 Å². The molecule has 0 aliphatic heterocycles. The Hall–Kier alpha value is -0.670. The fourth-order valence-electron chi connectivity index (χ4n) is 2.17. The number of hydrogen-bond acceptors (Lipinski definition) is 3. The van der Waals surface area contributed by atoms with E-state index in [2.05, 4.69) is 13.8 Å². The van der Waals surface area contributed by atoms with E-state index in [-0.39, 0.29) is 23.9 Å². The zero-order valence-electron chi connectivity index (χ0n) is 10.7. The van der Waals surface area contributed by atoms with Gasteiger partial charge >= 0.3 is 0 Å². The van der Waals surface area contributed by atoms with Crippen LogP contribution in [0.5, 0.6) is 0 Å². The molecule has 92 valence electrons. The van der Waals surface area contributed by atoms with Crippen LogP contribution in [0.15, 0.2) is 11.6 Å². The molecule has 1 aliphatic rings. The Kier molecular flexibility index (Phi) is 5.16. The minimum Gasteiger partial charge on any atom is -0.375 e. The largest absolute Gasteiger partial charge is 0.375 e. The van der Waals surface area contributed by atoms with Gasteiger partial charge in [-0.25, -0.2) is 0 Å². The van der Waals surface area contributed by atoms with E-state index < -0.39 is 0 Å². The highest BCUT2D eigenvalue weighted by atomic mass is 16.5. The molecule has 0 saturated carbocycles. The van der Waals surface area contributed by atoms with Crippen LogP contribution in [0.25, 0.3) is 0 Å². The molecule has 1 aliphatic carbocycles. The van der Waals surface area contributed by atoms with Crippen molar-refractivity contribution >= 4 is 5.78 Å². The van der Waals surface area contributed by atoms with E-state index in [1.165, 1.54) is 0 Å². The Balaban J connectivity index is 2.75. The van der Waals surface area contributed by atoms with E-state index in [1.807, 2.05) is 6.08 Å². The van der Waals surface area contributed by atoms with Crippen LogP contribution >= 0.6 is 0 Å². The Bertz CT molecular complexity index is 270. The van der Waals surface area contributed by atoms with Crippen molar-refractivity contribution in [3.05, 3.63) is 11.6 Å². The van der Waals surface area contributed by atoms with Gasteiger partial charge in [0, 0.05) is 13.7 Å². The van der Waals surface area contributed by atoms with Gasteiger partial charge in [-0.1, -0.05) is 13.8 Å². The monoisotopic (exact) mass is 226 g/mol. The van der Waals surface area contributed by atoms with Crippen molar-refractivity contribution in [2.45, 2.75) is 45.8 Å². The van der Waals surface area contributed by atoms with Crippen molar-refractivity contribution < 1.29 is 14.3 Å². The van der Waals surface area contributed by atoms with Gasteiger partial charge in [0.15, 0.2) is 5.78 Å². The van der Waals surface area contributed by atoms with Crippen molar-refractivity contribution in [1.29, 1.82) is 0 Å². The molecule has 0 fully saturated rings. The maximum Gasteiger partial charge on any atom is 0.155 e. The highest BCUT2D eigenvalue weighted by Gasteiger charge is 2.31. The first-order chi connectivity index (χ1) is 7.60. The molecule has 3 atom stereocenters. The standard InChI is InChI=1S/C13H22O3/c1-5-6-16-13-7-9(2)11(10(3)14)8-12(13)15-4/h8-9,12-13H,5-7H2,1-4H3. The fraction of sp³-hybridized carbons (Fsp3) is 0.769. The summed E-state index contributed by atoms with van der Waals surface area (Å²) in [4.78, 5) is 11.4. The molecule has 0 amide bonds. The molecular formula is C13H22O3. The molecule has 0 saturated heterocycles. The predicted molar refractivity (Wildman–Crippen MR) is 63.4 cm³/mol. The summed E-state index contributed by atoms with van der Waals surface area (Å²) >= 11 is 0. The Morgan fingerprint density at radius 3 is 2.75 bits per heavy atom. The van der Waals surface area contributed by atoms with Gasteiger partial charge in [-0.15, -0.1) is 0 Å². The van der Waals surface area contributed by atoms with Crippen LogP contribution in [-0.2, 0) is 14.3 Å². The predicted octanol–water partition coefficient (Wildman–Crippen LogP) is 2.35. The number of Topliss-reactive ketones (excluding diaryl/α,β-unsaturated/α-hetero) is 1. The lowest BCUT2D eigenvalue weighted by Gasteiger charge is -2.32. The number of ketones is 1. The fourth-order valence-corrected chi connectivity index (χ4v) is 2.17. The van der Waals surface area contributed by atoms with Gasteiger partial charge in [0.2, 0.25) is 0 Å². The van der Waals surface area contributed by atoms with E-state index in [1.54, 1.807) is 14.0 Å². The van der Waals surface area contributed by atoms with E-state index in [0.717, 1.165) is 25.0 Å². The second kappa shape index (κ2) is 6.16. The molecule has 3 unspecified atom stereocenters. The van der Waals surface area contributed by atoms with E-state index in [4.69, 9.17) is 9.47 Å². The van der Waals surface area contributed by atoms with E-state index in [9.17, 15) is 4.79 Å².